The van der Waals surface area contributed by atoms with Crippen LogP contribution in [0.1, 0.15) is 32.7 Å². The van der Waals surface area contributed by atoms with Crippen molar-refractivity contribution in [1.82, 2.24) is 4.98 Å². The zero-order valence-electron chi connectivity index (χ0n) is 11.7. The molecule has 0 unspecified atom stereocenters. The van der Waals surface area contributed by atoms with Crippen molar-refractivity contribution in [1.29, 1.82) is 0 Å². The van der Waals surface area contributed by atoms with E-state index >= 15 is 0 Å². The van der Waals surface area contributed by atoms with Gasteiger partial charge in [0.05, 0.1) is 5.56 Å². The number of alkyl halides is 3. The molecule has 0 fully saturated rings. The number of hydrogen-bond acceptors (Lipinski definition) is 2. The average molecular weight is 293 g/mol. The van der Waals surface area contributed by atoms with Gasteiger partial charge in [0.15, 0.2) is 5.78 Å². The Morgan fingerprint density at radius 1 is 1.19 bits per heavy atom. The monoisotopic (exact) mass is 293 g/mol. The maximum Gasteiger partial charge on any atom is 0.416 e. The first kappa shape index (κ1) is 15.2. The van der Waals surface area contributed by atoms with E-state index in [1.54, 1.807) is 13.1 Å². The smallest absolute Gasteiger partial charge is 0.292 e. The SMILES string of the molecule is Cc1cnc(C(=O)Cc2cccc(C(F)(F)F)c2)c(C)c1. The molecule has 0 aliphatic heterocycles. The fraction of sp³-hybridized carbons (Fsp3) is 0.250. The van der Waals surface area contributed by atoms with Crippen LogP contribution in [0.4, 0.5) is 13.2 Å². The molecular formula is C16H14F3NO. The third-order valence-corrected chi connectivity index (χ3v) is 3.10. The number of halogens is 3. The van der Waals surface area contributed by atoms with Crippen LogP contribution in [0.15, 0.2) is 36.5 Å². The highest BCUT2D eigenvalue weighted by atomic mass is 19.4. The van der Waals surface area contributed by atoms with Gasteiger partial charge in [-0.3, -0.25) is 9.78 Å². The van der Waals surface area contributed by atoms with Crippen molar-refractivity contribution in [2.45, 2.75) is 26.4 Å². The van der Waals surface area contributed by atoms with Crippen molar-refractivity contribution < 1.29 is 18.0 Å². The van der Waals surface area contributed by atoms with Crippen LogP contribution < -0.4 is 0 Å². The number of carbonyl (C=O) groups is 1. The molecule has 0 atom stereocenters. The maximum atomic E-state index is 12.6. The number of hydrogen-bond donors (Lipinski definition) is 0. The Bertz CT molecular complexity index is 677. The molecule has 0 aliphatic carbocycles. The van der Waals surface area contributed by atoms with E-state index in [4.69, 9.17) is 0 Å². The molecule has 2 aromatic rings. The van der Waals surface area contributed by atoms with Crippen LogP contribution in [-0.2, 0) is 12.6 Å². The van der Waals surface area contributed by atoms with Crippen molar-refractivity contribution in [2.75, 3.05) is 0 Å². The minimum atomic E-state index is -4.41. The Kier molecular flexibility index (Phi) is 4.11. The highest BCUT2D eigenvalue weighted by Crippen LogP contribution is 2.29. The van der Waals surface area contributed by atoms with Crippen LogP contribution in [0.2, 0.25) is 0 Å². The van der Waals surface area contributed by atoms with E-state index in [-0.39, 0.29) is 12.2 Å². The maximum absolute atomic E-state index is 12.6. The van der Waals surface area contributed by atoms with Crippen LogP contribution in [0.25, 0.3) is 0 Å². The molecule has 0 saturated heterocycles. The number of rotatable bonds is 3. The summed E-state index contributed by atoms with van der Waals surface area (Å²) in [5, 5.41) is 0. The number of benzene rings is 1. The molecule has 5 heteroatoms. The lowest BCUT2D eigenvalue weighted by Crippen LogP contribution is -2.10. The van der Waals surface area contributed by atoms with Crippen LogP contribution >= 0.6 is 0 Å². The molecule has 0 N–H and O–H groups in total. The Labute approximate surface area is 120 Å². The molecule has 1 aromatic heterocycles. The Hall–Kier alpha value is -2.17. The third-order valence-electron chi connectivity index (χ3n) is 3.10. The summed E-state index contributed by atoms with van der Waals surface area (Å²) < 4.78 is 37.9. The molecule has 0 amide bonds. The van der Waals surface area contributed by atoms with Crippen molar-refractivity contribution in [2.24, 2.45) is 0 Å². The predicted molar refractivity (Wildman–Crippen MR) is 73.2 cm³/mol. The van der Waals surface area contributed by atoms with Gasteiger partial charge in [-0.25, -0.2) is 0 Å². The van der Waals surface area contributed by atoms with Crippen molar-refractivity contribution in [3.63, 3.8) is 0 Å². The molecule has 0 radical (unpaired) electrons. The van der Waals surface area contributed by atoms with E-state index in [0.29, 0.717) is 11.3 Å². The Morgan fingerprint density at radius 2 is 1.90 bits per heavy atom. The summed E-state index contributed by atoms with van der Waals surface area (Å²) >= 11 is 0. The van der Waals surface area contributed by atoms with Gasteiger partial charge in [0, 0.05) is 12.6 Å². The number of aromatic nitrogens is 1. The molecule has 2 nitrogen and oxygen atoms in total. The fourth-order valence-electron chi connectivity index (χ4n) is 2.13. The number of carbonyl (C=O) groups excluding carboxylic acids is 1. The van der Waals surface area contributed by atoms with Gasteiger partial charge in [-0.15, -0.1) is 0 Å². The lowest BCUT2D eigenvalue weighted by Gasteiger charge is -2.09. The Balaban J connectivity index is 2.24. The molecule has 1 aromatic carbocycles. The summed E-state index contributed by atoms with van der Waals surface area (Å²) in [6.45, 7) is 3.63. The molecule has 0 spiro atoms. The topological polar surface area (TPSA) is 30.0 Å². The van der Waals surface area contributed by atoms with Crippen LogP contribution in [0.5, 0.6) is 0 Å². The zero-order valence-corrected chi connectivity index (χ0v) is 11.7. The molecule has 110 valence electrons. The molecule has 21 heavy (non-hydrogen) atoms. The van der Waals surface area contributed by atoms with Crippen molar-refractivity contribution >= 4 is 5.78 Å². The zero-order chi connectivity index (χ0) is 15.6. The minimum absolute atomic E-state index is 0.0964. The largest absolute Gasteiger partial charge is 0.416 e. The van der Waals surface area contributed by atoms with Crippen LogP contribution in [0, 0.1) is 13.8 Å². The second-order valence-corrected chi connectivity index (χ2v) is 4.98. The van der Waals surface area contributed by atoms with Crippen LogP contribution in [0.3, 0.4) is 0 Å². The van der Waals surface area contributed by atoms with E-state index in [1.165, 1.54) is 12.1 Å². The van der Waals surface area contributed by atoms with Gasteiger partial charge in [0.25, 0.3) is 0 Å². The summed E-state index contributed by atoms with van der Waals surface area (Å²) in [6, 6.07) is 6.63. The van der Waals surface area contributed by atoms with E-state index in [0.717, 1.165) is 23.3 Å². The van der Waals surface area contributed by atoms with E-state index in [2.05, 4.69) is 4.98 Å². The van der Waals surface area contributed by atoms with Crippen molar-refractivity contribution in [3.8, 4) is 0 Å². The molecule has 2 rings (SSSR count). The number of aryl methyl sites for hydroxylation is 2. The van der Waals surface area contributed by atoms with Gasteiger partial charge in [0.1, 0.15) is 5.69 Å². The summed E-state index contributed by atoms with van der Waals surface area (Å²) in [4.78, 5) is 16.2. The number of pyridine rings is 1. The number of Topliss-reactive ketones (excluding diaryl/α,β-unsaturated/α-hetero) is 1. The van der Waals surface area contributed by atoms with Gasteiger partial charge in [0.2, 0.25) is 0 Å². The lowest BCUT2D eigenvalue weighted by atomic mass is 10.0. The van der Waals surface area contributed by atoms with Gasteiger partial charge < -0.3 is 0 Å². The summed E-state index contributed by atoms with van der Waals surface area (Å²) in [6.07, 6.45) is -2.93. The first-order valence-corrected chi connectivity index (χ1v) is 6.40. The highest BCUT2D eigenvalue weighted by molar-refractivity contribution is 5.97. The first-order valence-electron chi connectivity index (χ1n) is 6.40. The number of nitrogens with zero attached hydrogens (tertiary/aromatic N) is 1. The molecule has 1 heterocycles. The van der Waals surface area contributed by atoms with E-state index < -0.39 is 11.7 Å². The van der Waals surface area contributed by atoms with E-state index in [1.807, 2.05) is 13.0 Å². The normalized spacial score (nSPS) is 11.5. The molecule has 0 bridgehead atoms. The first-order chi connectivity index (χ1) is 9.77. The third kappa shape index (κ3) is 3.68. The predicted octanol–water partition coefficient (Wildman–Crippen LogP) is 4.14. The highest BCUT2D eigenvalue weighted by Gasteiger charge is 2.30. The van der Waals surface area contributed by atoms with Crippen LogP contribution in [-0.4, -0.2) is 10.8 Å². The number of ketones is 1. The quantitative estimate of drug-likeness (QED) is 0.796. The average Bonchev–Trinajstić information content (AvgIpc) is 2.37. The Morgan fingerprint density at radius 3 is 2.52 bits per heavy atom. The standard InChI is InChI=1S/C16H14F3NO/c1-10-6-11(2)15(20-9-10)14(21)8-12-4-3-5-13(7-12)16(17,18)19/h3-7,9H,8H2,1-2H3. The van der Waals surface area contributed by atoms with Gasteiger partial charge in [-0.05, 0) is 36.6 Å². The summed E-state index contributed by atoms with van der Waals surface area (Å²) in [5.41, 5.74) is 1.55. The van der Waals surface area contributed by atoms with E-state index in [9.17, 15) is 18.0 Å². The second-order valence-electron chi connectivity index (χ2n) is 4.98. The van der Waals surface area contributed by atoms with Gasteiger partial charge >= 0.3 is 6.18 Å². The van der Waals surface area contributed by atoms with Gasteiger partial charge in [-0.2, -0.15) is 13.2 Å². The van der Waals surface area contributed by atoms with Gasteiger partial charge in [-0.1, -0.05) is 24.3 Å². The minimum Gasteiger partial charge on any atom is -0.292 e. The second kappa shape index (κ2) is 5.68. The summed E-state index contributed by atoms with van der Waals surface area (Å²) in [5.74, 6) is -0.285. The molecule has 0 saturated carbocycles. The van der Waals surface area contributed by atoms with Crippen molar-refractivity contribution in [3.05, 3.63) is 64.5 Å². The summed E-state index contributed by atoms with van der Waals surface area (Å²) in [7, 11) is 0. The fourth-order valence-corrected chi connectivity index (χ4v) is 2.13. The molecule has 0 aliphatic rings. The lowest BCUT2D eigenvalue weighted by molar-refractivity contribution is -0.137. The molecular weight excluding hydrogens is 279 g/mol.